The molecule has 1 aromatic carbocycles. The lowest BCUT2D eigenvalue weighted by Gasteiger charge is -2.08. The normalized spacial score (nSPS) is 9.95. The maximum absolute atomic E-state index is 11.0. The predicted octanol–water partition coefficient (Wildman–Crippen LogP) is 2.49. The lowest BCUT2D eigenvalue weighted by atomic mass is 10.2. The van der Waals surface area contributed by atoms with Crippen molar-refractivity contribution in [2.75, 3.05) is 7.11 Å². The van der Waals surface area contributed by atoms with Gasteiger partial charge in [-0.05, 0) is 12.1 Å². The van der Waals surface area contributed by atoms with Gasteiger partial charge in [-0.15, -0.1) is 0 Å². The summed E-state index contributed by atoms with van der Waals surface area (Å²) in [7, 11) is 1.42. The first-order valence-electron chi connectivity index (χ1n) is 5.71. The Balaban J connectivity index is 2.40. The highest BCUT2D eigenvalue weighted by atomic mass is 16.6. The maximum Gasteiger partial charge on any atom is 0.354 e. The summed E-state index contributed by atoms with van der Waals surface area (Å²) in [6.07, 6.45) is 1.24. The summed E-state index contributed by atoms with van der Waals surface area (Å²) >= 11 is 0. The molecule has 108 valence electrons. The number of pyridine rings is 1. The molecule has 1 heterocycles. The van der Waals surface area contributed by atoms with Gasteiger partial charge in [0, 0.05) is 24.4 Å². The van der Waals surface area contributed by atoms with Gasteiger partial charge in [0.15, 0.2) is 5.69 Å². The molecule has 21 heavy (non-hydrogen) atoms. The van der Waals surface area contributed by atoms with Crippen molar-refractivity contribution in [3.63, 3.8) is 0 Å². The van der Waals surface area contributed by atoms with Gasteiger partial charge in [-0.1, -0.05) is 0 Å². The molecule has 0 unspecified atom stereocenters. The van der Waals surface area contributed by atoms with E-state index < -0.39 is 10.9 Å². The van der Waals surface area contributed by atoms with Crippen LogP contribution < -0.4 is 9.47 Å². The van der Waals surface area contributed by atoms with E-state index in [1.165, 1.54) is 43.6 Å². The van der Waals surface area contributed by atoms with Crippen molar-refractivity contribution in [3.8, 4) is 17.2 Å². The van der Waals surface area contributed by atoms with Crippen LogP contribution in [0.25, 0.3) is 0 Å². The molecule has 0 saturated carbocycles. The highest BCUT2D eigenvalue weighted by Gasteiger charge is 2.17. The lowest BCUT2D eigenvalue weighted by Crippen LogP contribution is -2.00. The molecule has 0 aliphatic rings. The van der Waals surface area contributed by atoms with Gasteiger partial charge in [-0.3, -0.25) is 10.1 Å². The van der Waals surface area contributed by atoms with Crippen LogP contribution >= 0.6 is 0 Å². The number of carboxylic acids is 1. The van der Waals surface area contributed by atoms with Gasteiger partial charge in [0.1, 0.15) is 11.5 Å². The molecule has 2 rings (SSSR count). The molecule has 0 aliphatic carbocycles. The zero-order valence-electron chi connectivity index (χ0n) is 10.8. The number of methoxy groups -OCH3 is 1. The third-order valence-electron chi connectivity index (χ3n) is 2.54. The minimum Gasteiger partial charge on any atom is -0.497 e. The van der Waals surface area contributed by atoms with Crippen LogP contribution in [0.2, 0.25) is 0 Å². The smallest absolute Gasteiger partial charge is 0.354 e. The Kier molecular flexibility index (Phi) is 3.98. The first kappa shape index (κ1) is 14.3. The summed E-state index contributed by atoms with van der Waals surface area (Å²) < 4.78 is 10.4. The topological polar surface area (TPSA) is 112 Å². The van der Waals surface area contributed by atoms with Gasteiger partial charge < -0.3 is 14.6 Å². The second-order valence-electron chi connectivity index (χ2n) is 3.87. The second kappa shape index (κ2) is 5.87. The van der Waals surface area contributed by atoms with Gasteiger partial charge in [-0.25, -0.2) is 9.78 Å². The summed E-state index contributed by atoms with van der Waals surface area (Å²) in [6.45, 7) is 0. The van der Waals surface area contributed by atoms with Crippen LogP contribution in [0.5, 0.6) is 17.2 Å². The maximum atomic E-state index is 11.0. The van der Waals surface area contributed by atoms with Crippen molar-refractivity contribution < 1.29 is 24.3 Å². The fraction of sp³-hybridized carbons (Fsp3) is 0.0769. The number of nitro groups is 1. The van der Waals surface area contributed by atoms with E-state index in [2.05, 4.69) is 4.98 Å². The van der Waals surface area contributed by atoms with Crippen LogP contribution in [-0.2, 0) is 0 Å². The van der Waals surface area contributed by atoms with E-state index in [-0.39, 0.29) is 22.9 Å². The average molecular weight is 290 g/mol. The molecule has 0 saturated heterocycles. The summed E-state index contributed by atoms with van der Waals surface area (Å²) in [4.78, 5) is 24.8. The molecule has 1 aromatic heterocycles. The number of hydrogen-bond donors (Lipinski definition) is 1. The van der Waals surface area contributed by atoms with Gasteiger partial charge in [0.05, 0.1) is 12.0 Å². The third-order valence-corrected chi connectivity index (χ3v) is 2.54. The average Bonchev–Trinajstić information content (AvgIpc) is 2.47. The van der Waals surface area contributed by atoms with E-state index in [9.17, 15) is 14.9 Å². The number of ether oxygens (including phenoxy) is 2. The highest BCUT2D eigenvalue weighted by Crippen LogP contribution is 2.34. The van der Waals surface area contributed by atoms with Gasteiger partial charge in [0.2, 0.25) is 5.75 Å². The Hall–Kier alpha value is -3.16. The molecule has 1 N–H and O–H groups in total. The Morgan fingerprint density at radius 2 is 2.05 bits per heavy atom. The molecule has 0 bridgehead atoms. The van der Waals surface area contributed by atoms with Crippen LogP contribution in [0.1, 0.15) is 10.5 Å². The molecule has 0 aliphatic heterocycles. The van der Waals surface area contributed by atoms with Gasteiger partial charge in [0.25, 0.3) is 0 Å². The molecule has 0 radical (unpaired) electrons. The van der Waals surface area contributed by atoms with Crippen LogP contribution in [0.4, 0.5) is 5.69 Å². The molecule has 0 amide bonds. The van der Waals surface area contributed by atoms with E-state index in [4.69, 9.17) is 14.6 Å². The number of nitrogens with zero attached hydrogens (tertiary/aromatic N) is 2. The molecule has 0 spiro atoms. The third kappa shape index (κ3) is 3.24. The van der Waals surface area contributed by atoms with E-state index >= 15 is 0 Å². The molecule has 2 aromatic rings. The molecular formula is C13H10N2O6. The standard InChI is InChI=1S/C13H10N2O6/c1-20-8-2-3-11(15(18)19)12(7-8)21-9-4-5-14-10(6-9)13(16)17/h2-7H,1H3,(H,16,17). The summed E-state index contributed by atoms with van der Waals surface area (Å²) in [6, 6.07) is 6.59. The first-order chi connectivity index (χ1) is 10.0. The highest BCUT2D eigenvalue weighted by molar-refractivity contribution is 5.85. The SMILES string of the molecule is COc1ccc([N+](=O)[O-])c(Oc2ccnc(C(=O)O)c2)c1. The van der Waals surface area contributed by atoms with Crippen molar-refractivity contribution in [3.05, 3.63) is 52.3 Å². The van der Waals surface area contributed by atoms with E-state index in [1.54, 1.807) is 0 Å². The second-order valence-corrected chi connectivity index (χ2v) is 3.87. The minimum atomic E-state index is -1.22. The summed E-state index contributed by atoms with van der Waals surface area (Å²) in [5.74, 6) is -0.774. The van der Waals surface area contributed by atoms with Crippen LogP contribution in [0.15, 0.2) is 36.5 Å². The number of aromatic nitrogens is 1. The van der Waals surface area contributed by atoms with Crippen molar-refractivity contribution in [2.45, 2.75) is 0 Å². The van der Waals surface area contributed by atoms with Crippen molar-refractivity contribution in [1.29, 1.82) is 0 Å². The Bertz CT molecular complexity index is 701. The molecular weight excluding hydrogens is 280 g/mol. The predicted molar refractivity (Wildman–Crippen MR) is 70.9 cm³/mol. The zero-order valence-corrected chi connectivity index (χ0v) is 10.8. The van der Waals surface area contributed by atoms with E-state index in [1.807, 2.05) is 0 Å². The van der Waals surface area contributed by atoms with Gasteiger partial charge in [-0.2, -0.15) is 0 Å². The molecule has 0 atom stereocenters. The molecule has 8 nitrogen and oxygen atoms in total. The Morgan fingerprint density at radius 3 is 2.67 bits per heavy atom. The fourth-order valence-corrected chi connectivity index (χ4v) is 1.57. The largest absolute Gasteiger partial charge is 0.497 e. The lowest BCUT2D eigenvalue weighted by molar-refractivity contribution is -0.385. The number of nitro benzene ring substituents is 1. The quantitative estimate of drug-likeness (QED) is 0.664. The number of hydrogen-bond acceptors (Lipinski definition) is 6. The van der Waals surface area contributed by atoms with Crippen LogP contribution in [0.3, 0.4) is 0 Å². The number of rotatable bonds is 5. The minimum absolute atomic E-state index is 0.0538. The van der Waals surface area contributed by atoms with E-state index in [0.29, 0.717) is 5.75 Å². The number of carbonyl (C=O) groups is 1. The zero-order chi connectivity index (χ0) is 15.4. The number of carboxylic acid groups (broad SMARTS) is 1. The Morgan fingerprint density at radius 1 is 1.29 bits per heavy atom. The Labute approximate surface area is 118 Å². The summed E-state index contributed by atoms with van der Waals surface area (Å²) in [5.41, 5.74) is -0.484. The van der Waals surface area contributed by atoms with Crippen molar-refractivity contribution in [2.24, 2.45) is 0 Å². The monoisotopic (exact) mass is 290 g/mol. The van der Waals surface area contributed by atoms with Crippen molar-refractivity contribution >= 4 is 11.7 Å². The van der Waals surface area contributed by atoms with Crippen LogP contribution in [-0.4, -0.2) is 28.1 Å². The van der Waals surface area contributed by atoms with Crippen LogP contribution in [0, 0.1) is 10.1 Å². The fourth-order valence-electron chi connectivity index (χ4n) is 1.57. The van der Waals surface area contributed by atoms with Crippen molar-refractivity contribution in [1.82, 2.24) is 4.98 Å². The molecule has 0 fully saturated rings. The summed E-state index contributed by atoms with van der Waals surface area (Å²) in [5, 5.41) is 19.8. The van der Waals surface area contributed by atoms with Gasteiger partial charge >= 0.3 is 11.7 Å². The van der Waals surface area contributed by atoms with E-state index in [0.717, 1.165) is 0 Å². The first-order valence-corrected chi connectivity index (χ1v) is 5.71. The number of benzene rings is 1. The molecule has 8 heteroatoms. The number of aromatic carboxylic acids is 1.